The van der Waals surface area contributed by atoms with E-state index in [0.717, 1.165) is 17.2 Å². The molecule has 0 atom stereocenters. The van der Waals surface area contributed by atoms with Gasteiger partial charge in [0.25, 0.3) is 0 Å². The third-order valence-electron chi connectivity index (χ3n) is 2.02. The molecule has 1 aromatic rings. The van der Waals surface area contributed by atoms with E-state index in [1.165, 1.54) is 23.1 Å². The van der Waals surface area contributed by atoms with Crippen molar-refractivity contribution in [1.82, 2.24) is 4.90 Å². The van der Waals surface area contributed by atoms with Gasteiger partial charge in [0.2, 0.25) is 0 Å². The highest BCUT2D eigenvalue weighted by Gasteiger charge is 2.20. The molecule has 0 unspecified atom stereocenters. The van der Waals surface area contributed by atoms with Gasteiger partial charge in [-0.25, -0.2) is 0 Å². The van der Waals surface area contributed by atoms with Crippen LogP contribution in [0.15, 0.2) is 17.5 Å². The SMILES string of the molecule is N=C1SCCN1CC(=O)c1cccs1. The van der Waals surface area contributed by atoms with Crippen LogP contribution in [0.3, 0.4) is 0 Å². The Hall–Kier alpha value is -0.810. The third kappa shape index (κ3) is 1.99. The summed E-state index contributed by atoms with van der Waals surface area (Å²) >= 11 is 2.97. The molecule has 3 nitrogen and oxygen atoms in total. The van der Waals surface area contributed by atoms with Crippen LogP contribution in [0.4, 0.5) is 0 Å². The van der Waals surface area contributed by atoms with Gasteiger partial charge in [-0.05, 0) is 11.4 Å². The van der Waals surface area contributed by atoms with E-state index in [1.54, 1.807) is 0 Å². The molecule has 0 bridgehead atoms. The maximum Gasteiger partial charge on any atom is 0.192 e. The first-order valence-electron chi connectivity index (χ1n) is 4.30. The third-order valence-corrected chi connectivity index (χ3v) is 3.85. The van der Waals surface area contributed by atoms with E-state index in [9.17, 15) is 4.79 Å². The number of nitrogens with one attached hydrogen (secondary N) is 1. The Balaban J connectivity index is 1.98. The fourth-order valence-electron chi connectivity index (χ4n) is 1.28. The number of thioether (sulfide) groups is 1. The molecule has 0 radical (unpaired) electrons. The quantitative estimate of drug-likeness (QED) is 0.801. The number of Topliss-reactive ketones (excluding diaryl/α,β-unsaturated/α-hetero) is 1. The Kier molecular flexibility index (Phi) is 2.88. The number of hydrogen-bond acceptors (Lipinski definition) is 4. The standard InChI is InChI=1S/C9H10N2OS2/c10-9-11(3-5-14-9)6-7(12)8-2-1-4-13-8/h1-2,4,10H,3,5-6H2. The summed E-state index contributed by atoms with van der Waals surface area (Å²) in [6.07, 6.45) is 0. The Bertz CT molecular complexity index is 348. The van der Waals surface area contributed by atoms with Crippen molar-refractivity contribution in [1.29, 1.82) is 5.41 Å². The number of rotatable bonds is 3. The Morgan fingerprint density at radius 3 is 3.07 bits per heavy atom. The number of carbonyl (C=O) groups is 1. The van der Waals surface area contributed by atoms with E-state index in [2.05, 4.69) is 0 Å². The maximum atomic E-state index is 11.7. The smallest absolute Gasteiger partial charge is 0.192 e. The summed E-state index contributed by atoms with van der Waals surface area (Å²) < 4.78 is 0. The van der Waals surface area contributed by atoms with Gasteiger partial charge < -0.3 is 4.90 Å². The zero-order chi connectivity index (χ0) is 9.97. The van der Waals surface area contributed by atoms with Gasteiger partial charge in [0.05, 0.1) is 11.4 Å². The Morgan fingerprint density at radius 1 is 1.64 bits per heavy atom. The summed E-state index contributed by atoms with van der Waals surface area (Å²) in [5.41, 5.74) is 0. The van der Waals surface area contributed by atoms with Crippen molar-refractivity contribution in [3.05, 3.63) is 22.4 Å². The molecule has 0 saturated carbocycles. The molecule has 0 amide bonds. The molecule has 1 saturated heterocycles. The predicted octanol–water partition coefficient (Wildman–Crippen LogP) is 1.91. The molecular weight excluding hydrogens is 216 g/mol. The lowest BCUT2D eigenvalue weighted by atomic mass is 10.3. The first-order valence-corrected chi connectivity index (χ1v) is 6.17. The number of ketones is 1. The lowest BCUT2D eigenvalue weighted by Crippen LogP contribution is -2.29. The van der Waals surface area contributed by atoms with Crippen LogP contribution >= 0.6 is 23.1 Å². The molecule has 1 aromatic heterocycles. The van der Waals surface area contributed by atoms with Crippen molar-refractivity contribution in [2.45, 2.75) is 0 Å². The minimum atomic E-state index is 0.118. The number of nitrogens with zero attached hydrogens (tertiary/aromatic N) is 1. The first-order chi connectivity index (χ1) is 6.77. The first kappa shape index (κ1) is 9.73. The minimum absolute atomic E-state index is 0.118. The molecular formula is C9H10N2OS2. The summed E-state index contributed by atoms with van der Waals surface area (Å²) in [5, 5.41) is 9.99. The molecule has 1 fully saturated rings. The van der Waals surface area contributed by atoms with Crippen molar-refractivity contribution < 1.29 is 4.79 Å². The molecule has 2 rings (SSSR count). The fraction of sp³-hybridized carbons (Fsp3) is 0.333. The molecule has 2 heterocycles. The summed E-state index contributed by atoms with van der Waals surface area (Å²) in [6, 6.07) is 3.71. The predicted molar refractivity (Wildman–Crippen MR) is 60.4 cm³/mol. The van der Waals surface area contributed by atoms with E-state index in [1.807, 2.05) is 22.4 Å². The largest absolute Gasteiger partial charge is 0.343 e. The van der Waals surface area contributed by atoms with Gasteiger partial charge in [-0.2, -0.15) is 0 Å². The van der Waals surface area contributed by atoms with Crippen molar-refractivity contribution in [3.63, 3.8) is 0 Å². The van der Waals surface area contributed by atoms with E-state index in [-0.39, 0.29) is 5.78 Å². The number of carbonyl (C=O) groups excluding carboxylic acids is 1. The van der Waals surface area contributed by atoms with Crippen molar-refractivity contribution >= 4 is 34.0 Å². The second kappa shape index (κ2) is 4.14. The maximum absolute atomic E-state index is 11.7. The van der Waals surface area contributed by atoms with Crippen LogP contribution in [0.2, 0.25) is 0 Å². The van der Waals surface area contributed by atoms with Crippen LogP contribution in [0.25, 0.3) is 0 Å². The monoisotopic (exact) mass is 226 g/mol. The summed E-state index contributed by atoms with van der Waals surface area (Å²) in [4.78, 5) is 14.3. The molecule has 1 aliphatic rings. The topological polar surface area (TPSA) is 44.2 Å². The van der Waals surface area contributed by atoms with Gasteiger partial charge in [0, 0.05) is 12.3 Å². The van der Waals surface area contributed by atoms with Gasteiger partial charge in [-0.3, -0.25) is 10.2 Å². The van der Waals surface area contributed by atoms with E-state index < -0.39 is 0 Å². The zero-order valence-electron chi connectivity index (χ0n) is 7.53. The van der Waals surface area contributed by atoms with Crippen molar-refractivity contribution in [2.24, 2.45) is 0 Å². The van der Waals surface area contributed by atoms with Crippen LogP contribution in [0.5, 0.6) is 0 Å². The molecule has 1 N–H and O–H groups in total. The Morgan fingerprint density at radius 2 is 2.50 bits per heavy atom. The molecule has 1 aliphatic heterocycles. The van der Waals surface area contributed by atoms with Gasteiger partial charge in [0.1, 0.15) is 0 Å². The van der Waals surface area contributed by atoms with Gasteiger partial charge in [-0.1, -0.05) is 17.8 Å². The normalized spacial score (nSPS) is 16.3. The summed E-state index contributed by atoms with van der Waals surface area (Å²) in [5.74, 6) is 1.04. The summed E-state index contributed by atoms with van der Waals surface area (Å²) in [7, 11) is 0. The highest BCUT2D eigenvalue weighted by atomic mass is 32.2. The van der Waals surface area contributed by atoms with Crippen LogP contribution in [0.1, 0.15) is 9.67 Å². The van der Waals surface area contributed by atoms with Crippen molar-refractivity contribution in [3.8, 4) is 0 Å². The molecule has 0 aromatic carbocycles. The average molecular weight is 226 g/mol. The van der Waals surface area contributed by atoms with Crippen LogP contribution < -0.4 is 0 Å². The second-order valence-corrected chi connectivity index (χ2v) is 5.01. The van der Waals surface area contributed by atoms with E-state index >= 15 is 0 Å². The Labute approximate surface area is 90.6 Å². The summed E-state index contributed by atoms with van der Waals surface area (Å²) in [6.45, 7) is 1.17. The minimum Gasteiger partial charge on any atom is -0.343 e. The van der Waals surface area contributed by atoms with Crippen LogP contribution in [-0.2, 0) is 0 Å². The van der Waals surface area contributed by atoms with E-state index in [4.69, 9.17) is 5.41 Å². The second-order valence-electron chi connectivity index (χ2n) is 2.98. The molecule has 0 aliphatic carbocycles. The van der Waals surface area contributed by atoms with Crippen molar-refractivity contribution in [2.75, 3.05) is 18.8 Å². The highest BCUT2D eigenvalue weighted by molar-refractivity contribution is 8.14. The van der Waals surface area contributed by atoms with Crippen LogP contribution in [0, 0.1) is 5.41 Å². The lowest BCUT2D eigenvalue weighted by Gasteiger charge is -2.14. The lowest BCUT2D eigenvalue weighted by molar-refractivity contribution is 0.0970. The number of hydrogen-bond donors (Lipinski definition) is 1. The highest BCUT2D eigenvalue weighted by Crippen LogP contribution is 2.17. The molecule has 74 valence electrons. The van der Waals surface area contributed by atoms with Gasteiger partial charge in [-0.15, -0.1) is 11.3 Å². The van der Waals surface area contributed by atoms with Gasteiger partial charge >= 0.3 is 0 Å². The zero-order valence-corrected chi connectivity index (χ0v) is 9.16. The molecule has 5 heteroatoms. The number of amidine groups is 1. The van der Waals surface area contributed by atoms with Crippen LogP contribution in [-0.4, -0.2) is 34.7 Å². The molecule has 14 heavy (non-hydrogen) atoms. The van der Waals surface area contributed by atoms with Gasteiger partial charge in [0.15, 0.2) is 11.0 Å². The average Bonchev–Trinajstić information content (AvgIpc) is 2.77. The molecule has 0 spiro atoms. The fourth-order valence-corrected chi connectivity index (χ4v) is 2.78. The van der Waals surface area contributed by atoms with E-state index in [0.29, 0.717) is 11.7 Å². The number of thiophene rings is 1.